The van der Waals surface area contributed by atoms with Crippen LogP contribution in [-0.4, -0.2) is 9.97 Å². The van der Waals surface area contributed by atoms with Crippen molar-refractivity contribution in [2.75, 3.05) is 0 Å². The number of nitrogens with zero attached hydrogens (tertiary/aromatic N) is 1. The van der Waals surface area contributed by atoms with Crippen LogP contribution in [0.2, 0.25) is 0 Å². The molecule has 0 fully saturated rings. The second-order valence-corrected chi connectivity index (χ2v) is 4.35. The van der Waals surface area contributed by atoms with Crippen LogP contribution in [0.15, 0.2) is 45.9 Å². The second kappa shape index (κ2) is 5.07. The molecule has 0 radical (unpaired) electrons. The molecule has 2 rings (SSSR count). The van der Waals surface area contributed by atoms with Crippen LogP contribution in [0, 0.1) is 0 Å². The van der Waals surface area contributed by atoms with Crippen molar-refractivity contribution in [2.24, 2.45) is 0 Å². The average molecular weight is 279 g/mol. The molecule has 2 aromatic rings. The minimum Gasteiger partial charge on any atom is -0.313 e. The van der Waals surface area contributed by atoms with E-state index < -0.39 is 0 Å². The van der Waals surface area contributed by atoms with E-state index in [1.54, 1.807) is 0 Å². The SMILES string of the molecule is O=c1cc(CCc2ccccc2Br)nc[nH]1. The maximum absolute atomic E-state index is 11.1. The third-order valence-corrected chi connectivity index (χ3v) is 3.12. The summed E-state index contributed by atoms with van der Waals surface area (Å²) >= 11 is 3.50. The number of halogens is 1. The summed E-state index contributed by atoms with van der Waals surface area (Å²) in [5, 5.41) is 0. The number of benzene rings is 1. The Kier molecular flexibility index (Phi) is 3.51. The van der Waals surface area contributed by atoms with Gasteiger partial charge in [-0.15, -0.1) is 0 Å². The zero-order chi connectivity index (χ0) is 11.4. The molecule has 3 nitrogen and oxygen atoms in total. The summed E-state index contributed by atoms with van der Waals surface area (Å²) in [4.78, 5) is 17.7. The minimum absolute atomic E-state index is 0.0999. The van der Waals surface area contributed by atoms with Gasteiger partial charge in [-0.3, -0.25) is 4.79 Å². The number of aromatic nitrogens is 2. The van der Waals surface area contributed by atoms with Crippen LogP contribution in [0.1, 0.15) is 11.3 Å². The zero-order valence-electron chi connectivity index (χ0n) is 8.61. The molecule has 0 saturated carbocycles. The fourth-order valence-electron chi connectivity index (χ4n) is 1.51. The first-order chi connectivity index (χ1) is 7.75. The number of hydrogen-bond acceptors (Lipinski definition) is 2. The first-order valence-electron chi connectivity index (χ1n) is 5.03. The van der Waals surface area contributed by atoms with Gasteiger partial charge in [-0.25, -0.2) is 4.98 Å². The van der Waals surface area contributed by atoms with Crippen molar-refractivity contribution >= 4 is 15.9 Å². The normalized spacial score (nSPS) is 10.3. The maximum Gasteiger partial charge on any atom is 0.250 e. The predicted octanol–water partition coefficient (Wildman–Crippen LogP) is 2.32. The number of nitrogens with one attached hydrogen (secondary N) is 1. The molecule has 0 spiro atoms. The fourth-order valence-corrected chi connectivity index (χ4v) is 1.99. The first kappa shape index (κ1) is 11.1. The number of aryl methyl sites for hydroxylation is 2. The van der Waals surface area contributed by atoms with Crippen molar-refractivity contribution in [3.63, 3.8) is 0 Å². The standard InChI is InChI=1S/C12H11BrN2O/c13-11-4-2-1-3-9(11)5-6-10-7-12(16)15-8-14-10/h1-4,7-8H,5-6H2,(H,14,15,16). The highest BCUT2D eigenvalue weighted by molar-refractivity contribution is 9.10. The molecule has 0 atom stereocenters. The molecular weight excluding hydrogens is 268 g/mol. The van der Waals surface area contributed by atoms with Gasteiger partial charge in [0.2, 0.25) is 0 Å². The minimum atomic E-state index is -0.0999. The highest BCUT2D eigenvalue weighted by atomic mass is 79.9. The Labute approximate surface area is 102 Å². The predicted molar refractivity (Wildman–Crippen MR) is 66.4 cm³/mol. The van der Waals surface area contributed by atoms with E-state index in [4.69, 9.17) is 0 Å². The largest absolute Gasteiger partial charge is 0.313 e. The smallest absolute Gasteiger partial charge is 0.250 e. The summed E-state index contributed by atoms with van der Waals surface area (Å²) < 4.78 is 1.10. The van der Waals surface area contributed by atoms with Gasteiger partial charge < -0.3 is 4.98 Å². The summed E-state index contributed by atoms with van der Waals surface area (Å²) in [6.45, 7) is 0. The molecule has 0 aliphatic rings. The molecule has 4 heteroatoms. The molecule has 82 valence electrons. The van der Waals surface area contributed by atoms with E-state index in [1.807, 2.05) is 18.2 Å². The number of aromatic amines is 1. The molecule has 0 aliphatic carbocycles. The van der Waals surface area contributed by atoms with Crippen LogP contribution in [0.4, 0.5) is 0 Å². The molecule has 0 unspecified atom stereocenters. The third-order valence-electron chi connectivity index (χ3n) is 2.34. The van der Waals surface area contributed by atoms with Gasteiger partial charge >= 0.3 is 0 Å². The van der Waals surface area contributed by atoms with Crippen molar-refractivity contribution < 1.29 is 0 Å². The Morgan fingerprint density at radius 1 is 1.25 bits per heavy atom. The molecule has 1 N–H and O–H groups in total. The summed E-state index contributed by atoms with van der Waals surface area (Å²) in [5.41, 5.74) is 1.95. The van der Waals surface area contributed by atoms with E-state index in [0.717, 1.165) is 23.0 Å². The van der Waals surface area contributed by atoms with E-state index in [9.17, 15) is 4.79 Å². The van der Waals surface area contributed by atoms with Crippen molar-refractivity contribution in [3.8, 4) is 0 Å². The van der Waals surface area contributed by atoms with Crippen LogP contribution in [-0.2, 0) is 12.8 Å². The second-order valence-electron chi connectivity index (χ2n) is 3.49. The van der Waals surface area contributed by atoms with Gasteiger partial charge in [0.1, 0.15) is 0 Å². The molecule has 16 heavy (non-hydrogen) atoms. The lowest BCUT2D eigenvalue weighted by molar-refractivity contribution is 0.889. The van der Waals surface area contributed by atoms with Gasteiger partial charge in [0, 0.05) is 16.2 Å². The van der Waals surface area contributed by atoms with E-state index in [0.29, 0.717) is 0 Å². The Bertz CT molecular complexity index is 536. The Hall–Kier alpha value is -1.42. The monoisotopic (exact) mass is 278 g/mol. The molecule has 0 bridgehead atoms. The van der Waals surface area contributed by atoms with Crippen LogP contribution in [0.5, 0.6) is 0 Å². The lowest BCUT2D eigenvalue weighted by Gasteiger charge is -2.03. The zero-order valence-corrected chi connectivity index (χ0v) is 10.2. The molecule has 0 saturated heterocycles. The molecular formula is C12H11BrN2O. The highest BCUT2D eigenvalue weighted by Crippen LogP contribution is 2.17. The van der Waals surface area contributed by atoms with Gasteiger partial charge in [-0.05, 0) is 24.5 Å². The van der Waals surface area contributed by atoms with E-state index in [1.165, 1.54) is 18.0 Å². The quantitative estimate of drug-likeness (QED) is 0.937. The van der Waals surface area contributed by atoms with Gasteiger partial charge in [-0.1, -0.05) is 34.1 Å². The molecule has 0 amide bonds. The Morgan fingerprint density at radius 2 is 2.06 bits per heavy atom. The van der Waals surface area contributed by atoms with Gasteiger partial charge in [-0.2, -0.15) is 0 Å². The Balaban J connectivity index is 2.08. The molecule has 1 heterocycles. The third kappa shape index (κ3) is 2.79. The summed E-state index contributed by atoms with van der Waals surface area (Å²) in [6.07, 6.45) is 3.09. The van der Waals surface area contributed by atoms with Crippen LogP contribution < -0.4 is 5.56 Å². The van der Waals surface area contributed by atoms with Crippen molar-refractivity contribution in [1.29, 1.82) is 0 Å². The van der Waals surface area contributed by atoms with Crippen LogP contribution >= 0.6 is 15.9 Å². The number of hydrogen-bond donors (Lipinski definition) is 1. The van der Waals surface area contributed by atoms with Crippen molar-refractivity contribution in [1.82, 2.24) is 9.97 Å². The van der Waals surface area contributed by atoms with Crippen LogP contribution in [0.3, 0.4) is 0 Å². The fraction of sp³-hybridized carbons (Fsp3) is 0.167. The van der Waals surface area contributed by atoms with Gasteiger partial charge in [0.05, 0.1) is 6.33 Å². The summed E-state index contributed by atoms with van der Waals surface area (Å²) in [7, 11) is 0. The highest BCUT2D eigenvalue weighted by Gasteiger charge is 2.00. The molecule has 1 aromatic heterocycles. The summed E-state index contributed by atoms with van der Waals surface area (Å²) in [5.74, 6) is 0. The van der Waals surface area contributed by atoms with Crippen molar-refractivity contribution in [2.45, 2.75) is 12.8 Å². The van der Waals surface area contributed by atoms with Crippen molar-refractivity contribution in [3.05, 3.63) is 62.7 Å². The van der Waals surface area contributed by atoms with Gasteiger partial charge in [0.15, 0.2) is 0 Å². The first-order valence-corrected chi connectivity index (χ1v) is 5.82. The lowest BCUT2D eigenvalue weighted by atomic mass is 10.1. The maximum atomic E-state index is 11.1. The molecule has 0 aliphatic heterocycles. The number of rotatable bonds is 3. The van der Waals surface area contributed by atoms with Gasteiger partial charge in [0.25, 0.3) is 5.56 Å². The Morgan fingerprint density at radius 3 is 2.81 bits per heavy atom. The van der Waals surface area contributed by atoms with E-state index >= 15 is 0 Å². The average Bonchev–Trinajstić information content (AvgIpc) is 2.28. The van der Waals surface area contributed by atoms with E-state index in [-0.39, 0.29) is 5.56 Å². The van der Waals surface area contributed by atoms with Crippen LogP contribution in [0.25, 0.3) is 0 Å². The lowest BCUT2D eigenvalue weighted by Crippen LogP contribution is -2.07. The topological polar surface area (TPSA) is 45.8 Å². The summed E-state index contributed by atoms with van der Waals surface area (Å²) in [6, 6.07) is 9.61. The molecule has 1 aromatic carbocycles. The van der Waals surface area contributed by atoms with E-state index in [2.05, 4.69) is 32.0 Å². The number of H-pyrrole nitrogens is 1.